The van der Waals surface area contributed by atoms with Crippen molar-refractivity contribution in [2.75, 3.05) is 13.6 Å². The molecule has 15 nitrogen and oxygen atoms in total. The molecule has 0 saturated carbocycles. The van der Waals surface area contributed by atoms with E-state index in [4.69, 9.17) is 19.9 Å². The number of ether oxygens (including phenoxy) is 3. The lowest BCUT2D eigenvalue weighted by Crippen LogP contribution is -2.65. The first-order chi connectivity index (χ1) is 31.1. The number of allylic oxidation sites excluding steroid dienone is 2. The van der Waals surface area contributed by atoms with E-state index in [9.17, 15) is 45.6 Å². The van der Waals surface area contributed by atoms with Crippen LogP contribution in [-0.2, 0) is 19.0 Å². The number of nitrogens with two attached hydrogens (primary N) is 1. The van der Waals surface area contributed by atoms with Crippen molar-refractivity contribution < 1.29 is 59.9 Å². The minimum absolute atomic E-state index is 0.0159. The van der Waals surface area contributed by atoms with Crippen LogP contribution in [0.4, 0.5) is 0 Å². The number of hydrogen-bond acceptors (Lipinski definition) is 13. The molecule has 0 radical (unpaired) electrons. The highest BCUT2D eigenvalue weighted by molar-refractivity contribution is 5.82. The first-order valence-electron chi connectivity index (χ1n) is 25.2. The molecule has 4 aliphatic rings. The number of nitrogens with zero attached hydrogens (tertiary/aromatic N) is 1. The Labute approximate surface area is 396 Å². The molecule has 11 N–H and O–H groups in total. The summed E-state index contributed by atoms with van der Waals surface area (Å²) in [5.74, 6) is -3.67. The Morgan fingerprint density at radius 2 is 1.52 bits per heavy atom. The fourth-order valence-electron chi connectivity index (χ4n) is 9.78. The number of hydrogen-bond donors (Lipinski definition) is 10. The molecule has 4 heterocycles. The lowest BCUT2D eigenvalue weighted by molar-refractivity contribution is -0.371. The highest BCUT2D eigenvalue weighted by Crippen LogP contribution is 2.42. The number of fused-ring (bicyclic) bond motifs is 22. The number of aliphatic imine (C=N–C) groups is 1. The molecule has 0 amide bonds. The third kappa shape index (κ3) is 19.2. The molecule has 4 aliphatic heterocycles. The predicted molar refractivity (Wildman–Crippen MR) is 257 cm³/mol. The molecule has 2 saturated heterocycles. The summed E-state index contributed by atoms with van der Waals surface area (Å²) in [4.78, 5) is 17.3. The van der Waals surface area contributed by atoms with E-state index in [0.29, 0.717) is 44.0 Å². The second-order valence-corrected chi connectivity index (χ2v) is 20.5. The monoisotopic (exact) mass is 938 g/mol. The van der Waals surface area contributed by atoms with Gasteiger partial charge < -0.3 is 66.1 Å². The molecule has 19 atom stereocenters. The smallest absolute Gasteiger partial charge is 0.330 e. The normalized spacial score (nSPS) is 40.9. The summed E-state index contributed by atoms with van der Waals surface area (Å²) in [6, 6.07) is 0. The second kappa shape index (κ2) is 28.9. The van der Waals surface area contributed by atoms with Gasteiger partial charge in [-0.2, -0.15) is 0 Å². The van der Waals surface area contributed by atoms with E-state index in [2.05, 4.69) is 36.3 Å². The number of esters is 1. The van der Waals surface area contributed by atoms with Gasteiger partial charge in [-0.15, -0.1) is 0 Å². The zero-order valence-corrected chi connectivity index (χ0v) is 41.4. The van der Waals surface area contributed by atoms with Crippen molar-refractivity contribution in [3.8, 4) is 0 Å². The molecule has 4 bridgehead atoms. The van der Waals surface area contributed by atoms with E-state index in [1.807, 2.05) is 19.9 Å². The molecular formula is C51H91N3O12. The number of aliphatic hydroxyl groups is 8. The quantitative estimate of drug-likeness (QED) is 0.0439. The molecule has 0 unspecified atom stereocenters. The summed E-state index contributed by atoms with van der Waals surface area (Å²) in [5.41, 5.74) is 5.68. The Morgan fingerprint density at radius 1 is 0.833 bits per heavy atom. The number of carbonyl (C=O) groups is 1. The number of aliphatic hydroxyl groups excluding tert-OH is 7. The number of unbranched alkanes of at least 4 members (excludes halogenated alkanes) is 2. The molecule has 15 heteroatoms. The highest BCUT2D eigenvalue weighted by atomic mass is 16.7. The molecule has 66 heavy (non-hydrogen) atoms. The van der Waals surface area contributed by atoms with Gasteiger partial charge in [-0.3, -0.25) is 4.99 Å². The van der Waals surface area contributed by atoms with Crippen LogP contribution in [0.5, 0.6) is 0 Å². The van der Waals surface area contributed by atoms with Gasteiger partial charge in [0.05, 0.1) is 54.9 Å². The van der Waals surface area contributed by atoms with E-state index < -0.39 is 96.7 Å². The third-order valence-electron chi connectivity index (χ3n) is 14.7. The Morgan fingerprint density at radius 3 is 2.20 bits per heavy atom. The molecule has 0 spiro atoms. The zero-order chi connectivity index (χ0) is 49.1. The molecule has 2 fully saturated rings. The predicted octanol–water partition coefficient (Wildman–Crippen LogP) is 4.80. The zero-order valence-electron chi connectivity index (χ0n) is 41.4. The summed E-state index contributed by atoms with van der Waals surface area (Å²) in [6.07, 6.45) is 9.98. The number of nitrogens with one attached hydrogen (secondary N) is 1. The van der Waals surface area contributed by atoms with E-state index in [-0.39, 0.29) is 43.4 Å². The summed E-state index contributed by atoms with van der Waals surface area (Å²) < 4.78 is 18.5. The van der Waals surface area contributed by atoms with Crippen molar-refractivity contribution in [1.82, 2.24) is 5.32 Å². The van der Waals surface area contributed by atoms with Gasteiger partial charge in [-0.1, -0.05) is 85.3 Å². The van der Waals surface area contributed by atoms with Crippen LogP contribution in [-0.4, -0.2) is 139 Å². The van der Waals surface area contributed by atoms with Crippen molar-refractivity contribution in [3.05, 3.63) is 36.5 Å². The van der Waals surface area contributed by atoms with Gasteiger partial charge in [0.2, 0.25) is 0 Å². The number of rotatable bonds is 11. The number of carbonyl (C=O) groups excluding carboxylic acids is 1. The van der Waals surface area contributed by atoms with E-state index in [1.54, 1.807) is 40.0 Å². The minimum atomic E-state index is -1.86. The van der Waals surface area contributed by atoms with Gasteiger partial charge in [0, 0.05) is 62.6 Å². The van der Waals surface area contributed by atoms with Gasteiger partial charge in [-0.05, 0) is 88.4 Å². The fourth-order valence-corrected chi connectivity index (χ4v) is 9.78. The maximum absolute atomic E-state index is 13.4. The molecule has 0 aromatic rings. The van der Waals surface area contributed by atoms with Crippen LogP contribution in [0.1, 0.15) is 145 Å². The van der Waals surface area contributed by atoms with Crippen molar-refractivity contribution in [2.45, 2.75) is 218 Å². The van der Waals surface area contributed by atoms with Gasteiger partial charge in [0.25, 0.3) is 0 Å². The third-order valence-corrected chi connectivity index (χ3v) is 14.7. The van der Waals surface area contributed by atoms with Gasteiger partial charge >= 0.3 is 5.97 Å². The molecule has 0 aromatic carbocycles. The molecular weight excluding hydrogens is 847 g/mol. The SMILES string of the molecule is CN=C(N)NCCC/C=C/CCC[C@H](C)C[C@H](C)[C@@H]1OC(=O)/C=C/[C@H](C)[C@@H](O)C[C@@H](O)[C@@H](C)[C@@H](O)CC[C@H](C)[C@H]2C[C@]3(O)O[C@@H](C[C@@H](O)CCC[C@@H](O)[C@@H](C)[C@@H](O)/C=C/[C@@H]1C)C[C@H](O2)[C@@H]3O. The fraction of sp³-hybridized carbons (Fsp3) is 0.843. The largest absolute Gasteiger partial charge is 0.458 e. The Hall–Kier alpha value is -2.44. The van der Waals surface area contributed by atoms with Crippen LogP contribution >= 0.6 is 0 Å². The highest BCUT2D eigenvalue weighted by Gasteiger charge is 2.55. The average Bonchev–Trinajstić information content (AvgIpc) is 3.26. The van der Waals surface area contributed by atoms with Crippen LogP contribution in [0.2, 0.25) is 0 Å². The van der Waals surface area contributed by atoms with Gasteiger partial charge in [-0.25, -0.2) is 4.79 Å². The Bertz CT molecular complexity index is 1520. The van der Waals surface area contributed by atoms with E-state index in [1.165, 1.54) is 6.08 Å². The lowest BCUT2D eigenvalue weighted by Gasteiger charge is -2.52. The molecule has 0 aromatic heterocycles. The summed E-state index contributed by atoms with van der Waals surface area (Å²) in [7, 11) is 1.65. The Kier molecular flexibility index (Phi) is 25.3. The van der Waals surface area contributed by atoms with Crippen LogP contribution in [0.15, 0.2) is 41.4 Å². The average molecular weight is 938 g/mol. The van der Waals surface area contributed by atoms with E-state index in [0.717, 1.165) is 45.1 Å². The molecule has 4 rings (SSSR count). The van der Waals surface area contributed by atoms with E-state index >= 15 is 0 Å². The second-order valence-electron chi connectivity index (χ2n) is 20.5. The van der Waals surface area contributed by atoms with Crippen LogP contribution in [0.25, 0.3) is 0 Å². The first kappa shape index (κ1) is 57.9. The maximum Gasteiger partial charge on any atom is 0.330 e. The van der Waals surface area contributed by atoms with Crippen LogP contribution < -0.4 is 11.1 Å². The van der Waals surface area contributed by atoms with Crippen molar-refractivity contribution >= 4 is 11.9 Å². The first-order valence-corrected chi connectivity index (χ1v) is 25.2. The summed E-state index contributed by atoms with van der Waals surface area (Å²) in [5, 5.41) is 91.9. The minimum Gasteiger partial charge on any atom is -0.458 e. The van der Waals surface area contributed by atoms with Crippen LogP contribution in [0, 0.1) is 41.4 Å². The number of guanidine groups is 1. The van der Waals surface area contributed by atoms with Crippen molar-refractivity contribution in [3.63, 3.8) is 0 Å². The Balaban J connectivity index is 1.73. The summed E-state index contributed by atoms with van der Waals surface area (Å²) in [6.45, 7) is 14.2. The lowest BCUT2D eigenvalue weighted by atomic mass is 9.81. The van der Waals surface area contributed by atoms with Crippen molar-refractivity contribution in [1.29, 1.82) is 0 Å². The van der Waals surface area contributed by atoms with Gasteiger partial charge in [0.1, 0.15) is 12.2 Å². The topological polar surface area (TPSA) is 257 Å². The van der Waals surface area contributed by atoms with Gasteiger partial charge in [0.15, 0.2) is 11.7 Å². The standard InChI is InChI=1S/C51H91N3O12/c1-31(16-13-11-9-10-12-14-25-54-50(52)53-8)26-35(5)48-34(4)20-23-41(57)36(6)40(56)18-15-17-38(55)27-39-28-45-49(62)51(63,66-39)30-46(64-45)33(3)19-22-42(58)37(7)44(60)29-43(59)32(2)21-24-47(61)65-48/h9-10,20-21,23-24,31-46,48-49,55-60,62-63H,11-19,22,25-30H2,1-8H3,(H3,52,53,54)/b10-9+,23-20+,24-21+/t31-,32-,33-,34-,35-,36+,37-,38-,39-,40+,41-,42-,43-,44+,45-,46+,48+,49-,51-/m0/s1. The molecule has 382 valence electrons. The molecule has 0 aliphatic carbocycles. The van der Waals surface area contributed by atoms with Crippen LogP contribution in [0.3, 0.4) is 0 Å². The van der Waals surface area contributed by atoms with Crippen molar-refractivity contribution in [2.24, 2.45) is 52.2 Å². The maximum atomic E-state index is 13.4. The summed E-state index contributed by atoms with van der Waals surface area (Å²) >= 11 is 0.